The van der Waals surface area contributed by atoms with E-state index >= 15 is 0 Å². The number of aromatic nitrogens is 2. The van der Waals surface area contributed by atoms with Crippen LogP contribution in [-0.2, 0) is 12.8 Å². The fourth-order valence-corrected chi connectivity index (χ4v) is 4.31. The second-order valence-corrected chi connectivity index (χ2v) is 7.17. The van der Waals surface area contributed by atoms with Crippen molar-refractivity contribution in [2.45, 2.75) is 26.7 Å². The van der Waals surface area contributed by atoms with Gasteiger partial charge in [0, 0.05) is 4.88 Å². The van der Waals surface area contributed by atoms with E-state index in [0.717, 1.165) is 5.01 Å². The molecule has 1 aliphatic carbocycles. The molecule has 0 unspecified atom stereocenters. The lowest BCUT2D eigenvalue weighted by Crippen LogP contribution is -2.09. The SMILES string of the molecule is CC1(C)Cc2cc(-c3nnc(N)s3)sc2C1. The van der Waals surface area contributed by atoms with Crippen molar-refractivity contribution in [3.8, 4) is 9.88 Å². The fourth-order valence-electron chi connectivity index (χ4n) is 2.22. The predicted molar refractivity (Wildman–Crippen MR) is 68.8 cm³/mol. The molecule has 0 aromatic carbocycles. The van der Waals surface area contributed by atoms with Crippen molar-refractivity contribution >= 4 is 27.8 Å². The van der Waals surface area contributed by atoms with Crippen molar-refractivity contribution in [3.63, 3.8) is 0 Å². The summed E-state index contributed by atoms with van der Waals surface area (Å²) in [6.07, 6.45) is 2.36. The monoisotopic (exact) mass is 251 g/mol. The molecule has 0 saturated carbocycles. The van der Waals surface area contributed by atoms with Crippen LogP contribution in [0.4, 0.5) is 5.13 Å². The van der Waals surface area contributed by atoms with Gasteiger partial charge in [0.1, 0.15) is 0 Å². The third kappa shape index (κ3) is 1.64. The molecule has 0 amide bonds. The van der Waals surface area contributed by atoms with Gasteiger partial charge in [-0.05, 0) is 29.9 Å². The number of anilines is 1. The van der Waals surface area contributed by atoms with Gasteiger partial charge in [0.05, 0.1) is 4.88 Å². The minimum Gasteiger partial charge on any atom is -0.374 e. The Morgan fingerprint density at radius 1 is 1.25 bits per heavy atom. The Hall–Kier alpha value is -0.940. The van der Waals surface area contributed by atoms with Crippen molar-refractivity contribution in [1.82, 2.24) is 10.2 Å². The van der Waals surface area contributed by atoms with Crippen molar-refractivity contribution in [3.05, 3.63) is 16.5 Å². The third-order valence-corrected chi connectivity index (χ3v) is 4.96. The molecule has 3 rings (SSSR count). The molecule has 0 spiro atoms. The molecule has 16 heavy (non-hydrogen) atoms. The Kier molecular flexibility index (Phi) is 2.09. The van der Waals surface area contributed by atoms with Crippen LogP contribution >= 0.6 is 22.7 Å². The van der Waals surface area contributed by atoms with Gasteiger partial charge in [-0.3, -0.25) is 0 Å². The lowest BCUT2D eigenvalue weighted by molar-refractivity contribution is 0.393. The van der Waals surface area contributed by atoms with Gasteiger partial charge < -0.3 is 5.73 Å². The highest BCUT2D eigenvalue weighted by molar-refractivity contribution is 7.23. The second kappa shape index (κ2) is 3.28. The first-order chi connectivity index (χ1) is 7.53. The van der Waals surface area contributed by atoms with E-state index in [9.17, 15) is 0 Å². The van der Waals surface area contributed by atoms with Gasteiger partial charge in [0.25, 0.3) is 0 Å². The van der Waals surface area contributed by atoms with Crippen LogP contribution in [0, 0.1) is 5.41 Å². The Bertz CT molecular complexity index is 514. The third-order valence-electron chi connectivity index (χ3n) is 2.86. The molecule has 1 aliphatic rings. The molecular formula is C11H13N3S2. The number of hydrogen-bond donors (Lipinski definition) is 1. The summed E-state index contributed by atoms with van der Waals surface area (Å²) >= 11 is 3.31. The maximum absolute atomic E-state index is 5.60. The van der Waals surface area contributed by atoms with Crippen LogP contribution in [0.3, 0.4) is 0 Å². The summed E-state index contributed by atoms with van der Waals surface area (Å²) in [4.78, 5) is 2.73. The molecule has 84 valence electrons. The highest BCUT2D eigenvalue weighted by Crippen LogP contribution is 2.44. The predicted octanol–water partition coefficient (Wildman–Crippen LogP) is 2.97. The van der Waals surface area contributed by atoms with E-state index in [2.05, 4.69) is 30.1 Å². The van der Waals surface area contributed by atoms with Crippen LogP contribution in [0.1, 0.15) is 24.3 Å². The zero-order valence-electron chi connectivity index (χ0n) is 9.28. The van der Waals surface area contributed by atoms with E-state index in [1.165, 1.54) is 39.5 Å². The van der Waals surface area contributed by atoms with E-state index in [-0.39, 0.29) is 0 Å². The minimum atomic E-state index is 0.430. The van der Waals surface area contributed by atoms with Crippen molar-refractivity contribution in [1.29, 1.82) is 0 Å². The summed E-state index contributed by atoms with van der Waals surface area (Å²) in [6, 6.07) is 2.26. The molecule has 2 aromatic heterocycles. The molecule has 0 bridgehead atoms. The fraction of sp³-hybridized carbons (Fsp3) is 0.455. The Morgan fingerprint density at radius 3 is 2.69 bits per heavy atom. The van der Waals surface area contributed by atoms with Gasteiger partial charge >= 0.3 is 0 Å². The lowest BCUT2D eigenvalue weighted by Gasteiger charge is -2.15. The molecule has 5 heteroatoms. The normalized spacial score (nSPS) is 17.6. The number of thiophene rings is 1. The average molecular weight is 251 g/mol. The number of hydrogen-bond acceptors (Lipinski definition) is 5. The molecule has 2 N–H and O–H groups in total. The van der Waals surface area contributed by atoms with Crippen LogP contribution in [0.15, 0.2) is 6.07 Å². The Balaban J connectivity index is 1.97. The highest BCUT2D eigenvalue weighted by atomic mass is 32.1. The van der Waals surface area contributed by atoms with Crippen LogP contribution in [0.2, 0.25) is 0 Å². The van der Waals surface area contributed by atoms with Gasteiger partial charge in [0.15, 0.2) is 5.01 Å². The highest BCUT2D eigenvalue weighted by Gasteiger charge is 2.30. The molecule has 0 atom stereocenters. The largest absolute Gasteiger partial charge is 0.374 e. The number of rotatable bonds is 1. The van der Waals surface area contributed by atoms with Crippen molar-refractivity contribution < 1.29 is 0 Å². The number of nitrogens with zero attached hydrogens (tertiary/aromatic N) is 2. The molecular weight excluding hydrogens is 238 g/mol. The minimum absolute atomic E-state index is 0.430. The molecule has 2 heterocycles. The Morgan fingerprint density at radius 2 is 2.06 bits per heavy atom. The van der Waals surface area contributed by atoms with Crippen LogP contribution in [0.5, 0.6) is 0 Å². The quantitative estimate of drug-likeness (QED) is 0.847. The summed E-state index contributed by atoms with van der Waals surface area (Å²) in [5, 5.41) is 9.45. The van der Waals surface area contributed by atoms with Gasteiger partial charge in [-0.25, -0.2) is 0 Å². The average Bonchev–Trinajstić information content (AvgIpc) is 2.77. The molecule has 0 saturated heterocycles. The van der Waals surface area contributed by atoms with Gasteiger partial charge in [-0.1, -0.05) is 25.2 Å². The summed E-state index contributed by atoms with van der Waals surface area (Å²) < 4.78 is 0. The number of nitrogens with two attached hydrogens (primary N) is 1. The first kappa shape index (κ1) is 10.2. The Labute approximate surface area is 102 Å². The number of fused-ring (bicyclic) bond motifs is 1. The van der Waals surface area contributed by atoms with Gasteiger partial charge in [0.2, 0.25) is 5.13 Å². The molecule has 2 aromatic rings. The maximum atomic E-state index is 5.60. The van der Waals surface area contributed by atoms with E-state index in [4.69, 9.17) is 5.73 Å². The van der Waals surface area contributed by atoms with Crippen LogP contribution in [0.25, 0.3) is 9.88 Å². The van der Waals surface area contributed by atoms with Crippen LogP contribution in [-0.4, -0.2) is 10.2 Å². The zero-order chi connectivity index (χ0) is 11.3. The smallest absolute Gasteiger partial charge is 0.203 e. The molecule has 3 nitrogen and oxygen atoms in total. The molecule has 0 aliphatic heterocycles. The van der Waals surface area contributed by atoms with Crippen molar-refractivity contribution in [2.75, 3.05) is 5.73 Å². The van der Waals surface area contributed by atoms with E-state index < -0.39 is 0 Å². The lowest BCUT2D eigenvalue weighted by atomic mass is 9.91. The summed E-state index contributed by atoms with van der Waals surface area (Å²) in [7, 11) is 0. The second-order valence-electron chi connectivity index (χ2n) is 5.02. The van der Waals surface area contributed by atoms with E-state index in [1.54, 1.807) is 0 Å². The summed E-state index contributed by atoms with van der Waals surface area (Å²) in [5.74, 6) is 0. The topological polar surface area (TPSA) is 51.8 Å². The molecule has 0 radical (unpaired) electrons. The zero-order valence-corrected chi connectivity index (χ0v) is 10.9. The first-order valence-electron chi connectivity index (χ1n) is 5.24. The standard InChI is InChI=1S/C11H13N3S2/c1-11(2)4-6-3-7(15-8(6)5-11)9-13-14-10(12)16-9/h3H,4-5H2,1-2H3,(H2,12,14). The number of nitrogen functional groups attached to an aromatic ring is 1. The van der Waals surface area contributed by atoms with Crippen molar-refractivity contribution in [2.24, 2.45) is 5.41 Å². The first-order valence-corrected chi connectivity index (χ1v) is 6.88. The van der Waals surface area contributed by atoms with E-state index in [0.29, 0.717) is 10.5 Å². The van der Waals surface area contributed by atoms with E-state index in [1.807, 2.05) is 11.3 Å². The van der Waals surface area contributed by atoms with Gasteiger partial charge in [-0.2, -0.15) is 0 Å². The summed E-state index contributed by atoms with van der Waals surface area (Å²) in [6.45, 7) is 4.64. The summed E-state index contributed by atoms with van der Waals surface area (Å²) in [5.41, 5.74) is 7.52. The molecule has 0 fully saturated rings. The van der Waals surface area contributed by atoms with Gasteiger partial charge in [-0.15, -0.1) is 21.5 Å². The maximum Gasteiger partial charge on any atom is 0.203 e. The van der Waals surface area contributed by atoms with Crippen LogP contribution < -0.4 is 5.73 Å².